The summed E-state index contributed by atoms with van der Waals surface area (Å²) >= 11 is 0. The molecule has 49 heavy (non-hydrogen) atoms. The summed E-state index contributed by atoms with van der Waals surface area (Å²) in [6, 6.07) is 49.4. The van der Waals surface area contributed by atoms with Crippen molar-refractivity contribution in [3.05, 3.63) is 181 Å². The third-order valence-corrected chi connectivity index (χ3v) is 10.9. The zero-order chi connectivity index (χ0) is 32.5. The van der Waals surface area contributed by atoms with Crippen LogP contribution in [0.1, 0.15) is 42.0 Å². The van der Waals surface area contributed by atoms with Crippen LogP contribution in [0.2, 0.25) is 0 Å². The van der Waals surface area contributed by atoms with E-state index in [0.717, 1.165) is 6.42 Å². The Bertz CT molecular complexity index is 2490. The first-order valence-corrected chi connectivity index (χ1v) is 17.5. The van der Waals surface area contributed by atoms with Gasteiger partial charge in [0.05, 0.1) is 17.2 Å². The second-order valence-corrected chi connectivity index (χ2v) is 13.7. The maximum atomic E-state index is 2.62. The fraction of sp³-hybridized carbons (Fsp3) is 0.106. The van der Waals surface area contributed by atoms with Gasteiger partial charge in [0, 0.05) is 45.1 Å². The molecular weight excluding hydrogens is 593 g/mol. The number of fused-ring (bicyclic) bond motifs is 10. The molecule has 2 heteroatoms. The Balaban J connectivity index is 1.27. The third kappa shape index (κ3) is 4.27. The van der Waals surface area contributed by atoms with Crippen molar-refractivity contribution in [1.29, 1.82) is 0 Å². The van der Waals surface area contributed by atoms with E-state index in [4.69, 9.17) is 0 Å². The standard InChI is InChI=1S/C47H36N2/c1-31-14-13-22-39-44(30-34-17-5-6-18-36(34)45(31)39)49-42-24-11-8-20-38(42)46-37-19-7-10-23-41(37)48(43-25-12-9-21-40(43)47(46)49)35-28-26-33(27-29-35)32-15-3-2-4-16-32/h2-13,15-31,40,43H,14H2,1H3. The van der Waals surface area contributed by atoms with Crippen LogP contribution in [0.15, 0.2) is 164 Å². The first-order valence-electron chi connectivity index (χ1n) is 17.5. The molecule has 0 amide bonds. The average molecular weight is 629 g/mol. The molecule has 7 aromatic rings. The van der Waals surface area contributed by atoms with Crippen LogP contribution in [-0.2, 0) is 0 Å². The Morgan fingerprint density at radius 2 is 1.35 bits per heavy atom. The van der Waals surface area contributed by atoms with Crippen molar-refractivity contribution >= 4 is 39.1 Å². The number of benzene rings is 6. The van der Waals surface area contributed by atoms with Gasteiger partial charge < -0.3 is 9.47 Å². The molecule has 1 aliphatic heterocycles. The highest BCUT2D eigenvalue weighted by molar-refractivity contribution is 6.05. The summed E-state index contributed by atoms with van der Waals surface area (Å²) in [6.07, 6.45) is 15.1. The summed E-state index contributed by atoms with van der Waals surface area (Å²) in [4.78, 5) is 2.58. The number of allylic oxidation sites excluding steroid dienone is 3. The zero-order valence-electron chi connectivity index (χ0n) is 27.5. The van der Waals surface area contributed by atoms with E-state index < -0.39 is 0 Å². The van der Waals surface area contributed by atoms with Crippen LogP contribution in [0.4, 0.5) is 11.4 Å². The van der Waals surface area contributed by atoms with Gasteiger partial charge in [-0.2, -0.15) is 0 Å². The van der Waals surface area contributed by atoms with Gasteiger partial charge in [0.1, 0.15) is 0 Å². The molecule has 3 atom stereocenters. The lowest BCUT2D eigenvalue weighted by Crippen LogP contribution is -2.35. The second-order valence-electron chi connectivity index (χ2n) is 13.7. The summed E-state index contributed by atoms with van der Waals surface area (Å²) in [6.45, 7) is 2.38. The molecular formula is C47H36N2. The summed E-state index contributed by atoms with van der Waals surface area (Å²) < 4.78 is 2.62. The van der Waals surface area contributed by atoms with Gasteiger partial charge in [0.2, 0.25) is 0 Å². The van der Waals surface area contributed by atoms with Crippen molar-refractivity contribution in [2.24, 2.45) is 0 Å². The monoisotopic (exact) mass is 628 g/mol. The molecule has 0 spiro atoms. The molecule has 3 aliphatic rings. The lowest BCUT2D eigenvalue weighted by atomic mass is 9.83. The smallest absolute Gasteiger partial charge is 0.0643 e. The molecule has 0 bridgehead atoms. The highest BCUT2D eigenvalue weighted by Crippen LogP contribution is 2.53. The third-order valence-electron chi connectivity index (χ3n) is 10.9. The van der Waals surface area contributed by atoms with Crippen molar-refractivity contribution in [3.8, 4) is 27.9 Å². The molecule has 0 saturated carbocycles. The molecule has 0 saturated heterocycles. The van der Waals surface area contributed by atoms with Gasteiger partial charge in [0.25, 0.3) is 0 Å². The van der Waals surface area contributed by atoms with Crippen LogP contribution in [0.25, 0.3) is 55.7 Å². The molecule has 2 nitrogen and oxygen atoms in total. The first kappa shape index (κ1) is 28.2. The molecule has 1 aromatic heterocycles. The zero-order valence-corrected chi connectivity index (χ0v) is 27.5. The first-order chi connectivity index (χ1) is 24.3. The Morgan fingerprint density at radius 1 is 0.633 bits per heavy atom. The van der Waals surface area contributed by atoms with Crippen molar-refractivity contribution in [2.75, 3.05) is 4.90 Å². The number of anilines is 2. The summed E-state index contributed by atoms with van der Waals surface area (Å²) in [5.74, 6) is 0.561. The van der Waals surface area contributed by atoms with E-state index >= 15 is 0 Å². The molecule has 3 unspecified atom stereocenters. The second kappa shape index (κ2) is 11.1. The summed E-state index contributed by atoms with van der Waals surface area (Å²) in [5.41, 5.74) is 14.2. The van der Waals surface area contributed by atoms with Crippen molar-refractivity contribution < 1.29 is 0 Å². The molecule has 0 fully saturated rings. The Hall–Kier alpha value is -5.86. The van der Waals surface area contributed by atoms with Crippen LogP contribution in [-0.4, -0.2) is 10.6 Å². The Labute approximate surface area is 287 Å². The number of nitrogens with zero attached hydrogens (tertiary/aromatic N) is 2. The van der Waals surface area contributed by atoms with Crippen LogP contribution in [0, 0.1) is 0 Å². The molecule has 0 radical (unpaired) electrons. The Kier molecular flexibility index (Phi) is 6.39. The quantitative estimate of drug-likeness (QED) is 0.189. The van der Waals surface area contributed by atoms with E-state index in [1.165, 1.54) is 77.8 Å². The topological polar surface area (TPSA) is 8.17 Å². The van der Waals surface area contributed by atoms with Crippen LogP contribution >= 0.6 is 0 Å². The minimum Gasteiger partial charge on any atom is -0.333 e. The number of hydrogen-bond acceptors (Lipinski definition) is 1. The van der Waals surface area contributed by atoms with Crippen LogP contribution in [0.3, 0.4) is 0 Å². The summed E-state index contributed by atoms with van der Waals surface area (Å²) in [7, 11) is 0. The van der Waals surface area contributed by atoms with Gasteiger partial charge in [-0.3, -0.25) is 0 Å². The van der Waals surface area contributed by atoms with Gasteiger partial charge in [-0.25, -0.2) is 0 Å². The number of hydrogen-bond donors (Lipinski definition) is 0. The minimum absolute atomic E-state index is 0.0868. The van der Waals surface area contributed by atoms with Gasteiger partial charge in [-0.15, -0.1) is 0 Å². The maximum Gasteiger partial charge on any atom is 0.0643 e. The molecule has 6 aromatic carbocycles. The summed E-state index contributed by atoms with van der Waals surface area (Å²) in [5, 5.41) is 3.96. The van der Waals surface area contributed by atoms with E-state index in [1.54, 1.807) is 0 Å². The van der Waals surface area contributed by atoms with Crippen molar-refractivity contribution in [1.82, 2.24) is 4.57 Å². The van der Waals surface area contributed by atoms with Gasteiger partial charge in [-0.1, -0.05) is 147 Å². The van der Waals surface area contributed by atoms with Gasteiger partial charge in [-0.05, 0) is 70.1 Å². The van der Waals surface area contributed by atoms with Crippen LogP contribution in [0.5, 0.6) is 0 Å². The van der Waals surface area contributed by atoms with Gasteiger partial charge in [0.15, 0.2) is 0 Å². The fourth-order valence-electron chi connectivity index (χ4n) is 8.80. The number of rotatable bonds is 3. The van der Waals surface area contributed by atoms with Crippen molar-refractivity contribution in [3.63, 3.8) is 0 Å². The molecule has 2 aliphatic carbocycles. The lowest BCUT2D eigenvalue weighted by Gasteiger charge is -2.37. The van der Waals surface area contributed by atoms with Crippen molar-refractivity contribution in [2.45, 2.75) is 31.2 Å². The van der Waals surface area contributed by atoms with E-state index in [0.29, 0.717) is 5.92 Å². The molecule has 2 heterocycles. The molecule has 0 N–H and O–H groups in total. The number of para-hydroxylation sites is 2. The maximum absolute atomic E-state index is 2.62. The van der Waals surface area contributed by atoms with E-state index in [2.05, 4.69) is 186 Å². The average Bonchev–Trinajstić information content (AvgIpc) is 3.44. The highest BCUT2D eigenvalue weighted by Gasteiger charge is 2.39. The van der Waals surface area contributed by atoms with E-state index in [-0.39, 0.29) is 12.0 Å². The SMILES string of the molecule is CC1CC=Cc2c(-n3c4c(c5ccccc53)-c3ccccc3N(c3ccc(-c5ccccc5)cc3)C3C=CC=CC43)cc3ccccc3c21. The predicted octanol–water partition coefficient (Wildman–Crippen LogP) is 12.4. The fourth-order valence-corrected chi connectivity index (χ4v) is 8.80. The number of aromatic nitrogens is 1. The normalized spacial score (nSPS) is 19.0. The Morgan fingerprint density at radius 3 is 2.22 bits per heavy atom. The lowest BCUT2D eigenvalue weighted by molar-refractivity contribution is 0.671. The predicted molar refractivity (Wildman–Crippen MR) is 207 cm³/mol. The molecule has 234 valence electrons. The molecule has 10 rings (SSSR count). The van der Waals surface area contributed by atoms with Crippen LogP contribution < -0.4 is 4.90 Å². The van der Waals surface area contributed by atoms with E-state index in [9.17, 15) is 0 Å². The minimum atomic E-state index is 0.0868. The van der Waals surface area contributed by atoms with E-state index in [1.807, 2.05) is 0 Å². The highest BCUT2D eigenvalue weighted by atomic mass is 15.2. The largest absolute Gasteiger partial charge is 0.333 e. The van der Waals surface area contributed by atoms with Gasteiger partial charge >= 0.3 is 0 Å².